The van der Waals surface area contributed by atoms with Gasteiger partial charge < -0.3 is 16.0 Å². The Morgan fingerprint density at radius 3 is 3.16 bits per heavy atom. The van der Waals surface area contributed by atoms with Gasteiger partial charge in [0, 0.05) is 19.2 Å². The van der Waals surface area contributed by atoms with Crippen LogP contribution in [0.1, 0.15) is 12.8 Å². The minimum atomic E-state index is 0.0858. The molecule has 0 bridgehead atoms. The zero-order valence-corrected chi connectivity index (χ0v) is 11.6. The lowest BCUT2D eigenvalue weighted by Gasteiger charge is -2.36. The summed E-state index contributed by atoms with van der Waals surface area (Å²) in [6.45, 7) is 1.61. The van der Waals surface area contributed by atoms with E-state index in [9.17, 15) is 4.79 Å². The van der Waals surface area contributed by atoms with Crippen LogP contribution >= 0.6 is 11.8 Å². The maximum atomic E-state index is 11.8. The highest BCUT2D eigenvalue weighted by atomic mass is 32.2. The lowest BCUT2D eigenvalue weighted by atomic mass is 9.91. The van der Waals surface area contributed by atoms with Gasteiger partial charge in [-0.2, -0.15) is 0 Å². The molecule has 2 saturated heterocycles. The number of thioether (sulfide) groups is 1. The van der Waals surface area contributed by atoms with E-state index in [-0.39, 0.29) is 17.9 Å². The number of nitrogens with two attached hydrogens (primary N) is 1. The van der Waals surface area contributed by atoms with Gasteiger partial charge in [0.15, 0.2) is 5.16 Å². The fraction of sp³-hybridized carbons (Fsp3) is 0.583. The van der Waals surface area contributed by atoms with Crippen LogP contribution in [0.3, 0.4) is 0 Å². The molecule has 6 nitrogen and oxygen atoms in total. The second kappa shape index (κ2) is 4.88. The summed E-state index contributed by atoms with van der Waals surface area (Å²) in [4.78, 5) is 22.7. The first kappa shape index (κ1) is 12.5. The predicted octanol–water partition coefficient (Wildman–Crippen LogP) is 0.495. The van der Waals surface area contributed by atoms with Gasteiger partial charge in [-0.05, 0) is 19.1 Å². The summed E-state index contributed by atoms with van der Waals surface area (Å²) >= 11 is 1.48. The number of aromatic nitrogens is 2. The minimum Gasteiger partial charge on any atom is -0.383 e. The number of carbonyl (C=O) groups excluding carboxylic acids is 1. The number of nitrogens with zero attached hydrogens (tertiary/aromatic N) is 3. The summed E-state index contributed by atoms with van der Waals surface area (Å²) in [5.74, 6) is 1.57. The van der Waals surface area contributed by atoms with E-state index in [0.717, 1.165) is 25.2 Å². The highest BCUT2D eigenvalue weighted by molar-refractivity contribution is 7.98. The number of nitrogens with one attached hydrogen (secondary N) is 1. The van der Waals surface area contributed by atoms with Crippen LogP contribution in [0.4, 0.5) is 11.6 Å². The zero-order chi connectivity index (χ0) is 13.4. The summed E-state index contributed by atoms with van der Waals surface area (Å²) in [7, 11) is 0. The predicted molar refractivity (Wildman–Crippen MR) is 75.1 cm³/mol. The molecule has 2 aliphatic rings. The van der Waals surface area contributed by atoms with E-state index in [1.165, 1.54) is 11.8 Å². The number of anilines is 2. The van der Waals surface area contributed by atoms with Crippen LogP contribution in [-0.4, -0.2) is 41.3 Å². The lowest BCUT2D eigenvalue weighted by Crippen LogP contribution is -2.46. The molecule has 1 amide bonds. The van der Waals surface area contributed by atoms with Crippen LogP contribution in [0.5, 0.6) is 0 Å². The van der Waals surface area contributed by atoms with Crippen LogP contribution in [0.25, 0.3) is 0 Å². The van der Waals surface area contributed by atoms with E-state index in [1.807, 2.05) is 6.26 Å². The molecular formula is C12H17N5OS. The molecule has 1 aromatic rings. The molecule has 2 fully saturated rings. The SMILES string of the molecule is CSc1nc(N)cc(N2CCCC3C(=O)NCC32)n1. The second-order valence-electron chi connectivity index (χ2n) is 4.89. The van der Waals surface area contributed by atoms with E-state index < -0.39 is 0 Å². The third-order valence-corrected chi connectivity index (χ3v) is 4.34. The standard InChI is InChI=1S/C12H17N5OS/c1-19-12-15-9(13)5-10(16-12)17-4-2-3-7-8(17)6-14-11(7)18/h5,7-8H,2-4,6H2,1H3,(H,14,18)(H2,13,15,16). The van der Waals surface area contributed by atoms with Crippen molar-refractivity contribution in [3.63, 3.8) is 0 Å². The van der Waals surface area contributed by atoms with E-state index in [2.05, 4.69) is 20.2 Å². The Bertz CT molecular complexity index is 509. The molecule has 102 valence electrons. The van der Waals surface area contributed by atoms with Gasteiger partial charge in [-0.3, -0.25) is 4.79 Å². The minimum absolute atomic E-state index is 0.0858. The monoisotopic (exact) mass is 279 g/mol. The Kier molecular flexibility index (Phi) is 3.22. The highest BCUT2D eigenvalue weighted by Crippen LogP contribution is 2.31. The number of rotatable bonds is 2. The Hall–Kier alpha value is -1.50. The first-order valence-electron chi connectivity index (χ1n) is 6.42. The summed E-state index contributed by atoms with van der Waals surface area (Å²) in [5.41, 5.74) is 5.83. The fourth-order valence-corrected chi connectivity index (χ4v) is 3.29. The Morgan fingerprint density at radius 1 is 1.53 bits per heavy atom. The van der Waals surface area contributed by atoms with Crippen molar-refractivity contribution in [1.29, 1.82) is 0 Å². The molecule has 1 aromatic heterocycles. The average Bonchev–Trinajstić information content (AvgIpc) is 2.80. The van der Waals surface area contributed by atoms with Crippen molar-refractivity contribution in [2.75, 3.05) is 30.0 Å². The third-order valence-electron chi connectivity index (χ3n) is 3.79. The molecule has 3 heterocycles. The molecule has 2 atom stereocenters. The number of nitrogen functional groups attached to an aromatic ring is 1. The van der Waals surface area contributed by atoms with Crippen molar-refractivity contribution in [3.05, 3.63) is 6.07 Å². The average molecular weight is 279 g/mol. The van der Waals surface area contributed by atoms with Crippen molar-refractivity contribution in [1.82, 2.24) is 15.3 Å². The molecule has 3 N–H and O–H groups in total. The largest absolute Gasteiger partial charge is 0.383 e. The van der Waals surface area contributed by atoms with Gasteiger partial charge in [0.25, 0.3) is 0 Å². The molecule has 0 saturated carbocycles. The molecule has 0 aromatic carbocycles. The zero-order valence-electron chi connectivity index (χ0n) is 10.8. The smallest absolute Gasteiger partial charge is 0.225 e. The van der Waals surface area contributed by atoms with E-state index >= 15 is 0 Å². The Morgan fingerprint density at radius 2 is 2.37 bits per heavy atom. The van der Waals surface area contributed by atoms with Crippen molar-refractivity contribution < 1.29 is 4.79 Å². The molecule has 2 aliphatic heterocycles. The Balaban J connectivity index is 1.92. The van der Waals surface area contributed by atoms with Crippen molar-refractivity contribution >= 4 is 29.3 Å². The van der Waals surface area contributed by atoms with Crippen LogP contribution in [0.2, 0.25) is 0 Å². The molecule has 0 spiro atoms. The number of hydrogen-bond acceptors (Lipinski definition) is 6. The van der Waals surface area contributed by atoms with Crippen molar-refractivity contribution in [3.8, 4) is 0 Å². The maximum absolute atomic E-state index is 11.8. The van der Waals surface area contributed by atoms with Gasteiger partial charge in [0.1, 0.15) is 11.6 Å². The quantitative estimate of drug-likeness (QED) is 0.605. The number of piperidine rings is 1. The molecule has 19 heavy (non-hydrogen) atoms. The van der Waals surface area contributed by atoms with Gasteiger partial charge in [0.05, 0.1) is 12.0 Å². The summed E-state index contributed by atoms with van der Waals surface area (Å²) in [6.07, 6.45) is 3.90. The molecule has 2 unspecified atom stereocenters. The number of amides is 1. The summed E-state index contributed by atoms with van der Waals surface area (Å²) in [6, 6.07) is 2.00. The van der Waals surface area contributed by atoms with Crippen LogP contribution in [0.15, 0.2) is 11.2 Å². The lowest BCUT2D eigenvalue weighted by molar-refractivity contribution is -0.122. The Labute approximate surface area is 116 Å². The van der Waals surface area contributed by atoms with Gasteiger partial charge in [-0.15, -0.1) is 0 Å². The molecule has 0 aliphatic carbocycles. The number of fused-ring (bicyclic) bond motifs is 1. The maximum Gasteiger partial charge on any atom is 0.225 e. The van der Waals surface area contributed by atoms with Gasteiger partial charge >= 0.3 is 0 Å². The van der Waals surface area contributed by atoms with E-state index in [0.29, 0.717) is 17.5 Å². The molecule has 0 radical (unpaired) electrons. The number of carbonyl (C=O) groups is 1. The first-order chi connectivity index (χ1) is 9.19. The van der Waals surface area contributed by atoms with E-state index in [4.69, 9.17) is 5.73 Å². The summed E-state index contributed by atoms with van der Waals surface area (Å²) in [5, 5.41) is 3.62. The third kappa shape index (κ3) is 2.22. The molecule has 3 rings (SSSR count). The summed E-state index contributed by atoms with van der Waals surface area (Å²) < 4.78 is 0. The fourth-order valence-electron chi connectivity index (χ4n) is 2.90. The van der Waals surface area contributed by atoms with Crippen LogP contribution in [-0.2, 0) is 4.79 Å². The molecule has 7 heteroatoms. The second-order valence-corrected chi connectivity index (χ2v) is 5.67. The van der Waals surface area contributed by atoms with Crippen molar-refractivity contribution in [2.24, 2.45) is 5.92 Å². The van der Waals surface area contributed by atoms with Gasteiger partial charge in [-0.25, -0.2) is 9.97 Å². The van der Waals surface area contributed by atoms with E-state index in [1.54, 1.807) is 6.07 Å². The highest BCUT2D eigenvalue weighted by Gasteiger charge is 2.41. The first-order valence-corrected chi connectivity index (χ1v) is 7.64. The number of hydrogen-bond donors (Lipinski definition) is 2. The molecular weight excluding hydrogens is 262 g/mol. The van der Waals surface area contributed by atoms with Gasteiger partial charge in [-0.1, -0.05) is 11.8 Å². The van der Waals surface area contributed by atoms with Crippen LogP contribution in [0, 0.1) is 5.92 Å². The normalized spacial score (nSPS) is 26.2. The van der Waals surface area contributed by atoms with Crippen LogP contribution < -0.4 is 16.0 Å². The topological polar surface area (TPSA) is 84.1 Å². The van der Waals surface area contributed by atoms with Crippen molar-refractivity contribution in [2.45, 2.75) is 24.0 Å². The van der Waals surface area contributed by atoms with Gasteiger partial charge in [0.2, 0.25) is 5.91 Å².